The monoisotopic (exact) mass is 362 g/mol. The van der Waals surface area contributed by atoms with Crippen LogP contribution in [0.3, 0.4) is 0 Å². The lowest BCUT2D eigenvalue weighted by molar-refractivity contribution is -0.0399. The van der Waals surface area contributed by atoms with Crippen molar-refractivity contribution in [3.05, 3.63) is 47.5 Å². The minimum absolute atomic E-state index is 0.325. The maximum Gasteiger partial charge on any atom is 0.203 e. The molecule has 2 atom stereocenters. The highest BCUT2D eigenvalue weighted by Gasteiger charge is 2.27. The minimum Gasteiger partial charge on any atom is -0.497 e. The van der Waals surface area contributed by atoms with Crippen LogP contribution in [0.4, 0.5) is 0 Å². The first-order valence-corrected chi connectivity index (χ1v) is 8.12. The average molecular weight is 362 g/mol. The van der Waals surface area contributed by atoms with Crippen molar-refractivity contribution in [2.24, 2.45) is 0 Å². The van der Waals surface area contributed by atoms with E-state index in [1.54, 1.807) is 42.7 Å². The molecule has 0 bridgehead atoms. The van der Waals surface area contributed by atoms with Crippen LogP contribution in [0.2, 0.25) is 0 Å². The summed E-state index contributed by atoms with van der Waals surface area (Å²) in [7, 11) is 9.67. The van der Waals surface area contributed by atoms with Crippen LogP contribution < -0.4 is 18.9 Å². The second kappa shape index (κ2) is 9.31. The molecule has 26 heavy (non-hydrogen) atoms. The Bertz CT molecular complexity index is 673. The van der Waals surface area contributed by atoms with E-state index in [1.807, 2.05) is 36.4 Å². The summed E-state index contributed by atoms with van der Waals surface area (Å²) in [6.45, 7) is 0. The molecule has 0 spiro atoms. The van der Waals surface area contributed by atoms with Gasteiger partial charge in [-0.3, -0.25) is 0 Å². The number of hydrogen-bond acceptors (Lipinski definition) is 6. The van der Waals surface area contributed by atoms with Crippen molar-refractivity contribution in [2.75, 3.05) is 42.7 Å². The molecule has 0 saturated carbocycles. The molecule has 0 aliphatic heterocycles. The SMILES string of the molecule is COc1ccc([C@H](OC)[C@@H](OC)c2cc(OC)c(OC)c(OC)c2)cc1. The molecule has 2 rings (SSSR count). The number of hydrogen-bond donors (Lipinski definition) is 0. The number of benzene rings is 2. The molecule has 0 radical (unpaired) electrons. The van der Waals surface area contributed by atoms with Crippen LogP contribution >= 0.6 is 0 Å². The average Bonchev–Trinajstić information content (AvgIpc) is 2.70. The maximum absolute atomic E-state index is 5.76. The van der Waals surface area contributed by atoms with Crippen LogP contribution in [0.25, 0.3) is 0 Å². The number of rotatable bonds is 9. The Morgan fingerprint density at radius 3 is 1.46 bits per heavy atom. The van der Waals surface area contributed by atoms with Crippen LogP contribution in [0, 0.1) is 0 Å². The van der Waals surface area contributed by atoms with Crippen molar-refractivity contribution in [3.8, 4) is 23.0 Å². The molecule has 0 fully saturated rings. The van der Waals surface area contributed by atoms with E-state index in [0.717, 1.165) is 16.9 Å². The topological polar surface area (TPSA) is 55.4 Å². The maximum atomic E-state index is 5.76. The summed E-state index contributed by atoms with van der Waals surface area (Å²) < 4.78 is 33.0. The van der Waals surface area contributed by atoms with Gasteiger partial charge in [0.2, 0.25) is 5.75 Å². The lowest BCUT2D eigenvalue weighted by Gasteiger charge is -2.27. The van der Waals surface area contributed by atoms with Gasteiger partial charge in [0.15, 0.2) is 11.5 Å². The fourth-order valence-electron chi connectivity index (χ4n) is 2.93. The zero-order valence-electron chi connectivity index (χ0n) is 16.1. The summed E-state index contributed by atoms with van der Waals surface area (Å²) >= 11 is 0. The quantitative estimate of drug-likeness (QED) is 0.676. The van der Waals surface area contributed by atoms with E-state index in [2.05, 4.69) is 0 Å². The van der Waals surface area contributed by atoms with E-state index in [4.69, 9.17) is 28.4 Å². The van der Waals surface area contributed by atoms with Gasteiger partial charge in [-0.05, 0) is 35.4 Å². The zero-order valence-corrected chi connectivity index (χ0v) is 16.1. The predicted molar refractivity (Wildman–Crippen MR) is 98.6 cm³/mol. The van der Waals surface area contributed by atoms with Gasteiger partial charge in [0, 0.05) is 14.2 Å². The fraction of sp³-hybridized carbons (Fsp3) is 0.400. The Morgan fingerprint density at radius 1 is 0.577 bits per heavy atom. The van der Waals surface area contributed by atoms with Gasteiger partial charge in [0.25, 0.3) is 0 Å². The van der Waals surface area contributed by atoms with Gasteiger partial charge in [0.1, 0.15) is 18.0 Å². The first-order valence-electron chi connectivity index (χ1n) is 8.12. The Kier molecular flexibility index (Phi) is 7.12. The van der Waals surface area contributed by atoms with E-state index >= 15 is 0 Å². The summed E-state index contributed by atoms with van der Waals surface area (Å²) in [6, 6.07) is 11.4. The molecule has 2 aromatic carbocycles. The smallest absolute Gasteiger partial charge is 0.203 e. The molecule has 0 aliphatic rings. The molecule has 0 aromatic heterocycles. The molecular weight excluding hydrogens is 336 g/mol. The number of methoxy groups -OCH3 is 6. The van der Waals surface area contributed by atoms with Gasteiger partial charge in [-0.1, -0.05) is 12.1 Å². The molecule has 0 heterocycles. The van der Waals surface area contributed by atoms with Crippen molar-refractivity contribution in [3.63, 3.8) is 0 Å². The fourth-order valence-corrected chi connectivity index (χ4v) is 2.93. The number of ether oxygens (including phenoxy) is 6. The van der Waals surface area contributed by atoms with E-state index in [-0.39, 0.29) is 12.2 Å². The highest BCUT2D eigenvalue weighted by atomic mass is 16.5. The van der Waals surface area contributed by atoms with E-state index in [0.29, 0.717) is 17.2 Å². The van der Waals surface area contributed by atoms with E-state index < -0.39 is 0 Å². The van der Waals surface area contributed by atoms with Crippen molar-refractivity contribution in [2.45, 2.75) is 12.2 Å². The highest BCUT2D eigenvalue weighted by Crippen LogP contribution is 2.43. The van der Waals surface area contributed by atoms with Gasteiger partial charge in [-0.15, -0.1) is 0 Å². The van der Waals surface area contributed by atoms with Crippen LogP contribution in [0.1, 0.15) is 23.3 Å². The molecule has 0 amide bonds. The summed E-state index contributed by atoms with van der Waals surface area (Å²) in [4.78, 5) is 0. The minimum atomic E-state index is -0.373. The molecule has 0 aliphatic carbocycles. The molecule has 2 aromatic rings. The van der Waals surface area contributed by atoms with Crippen molar-refractivity contribution in [1.29, 1.82) is 0 Å². The lowest BCUT2D eigenvalue weighted by atomic mass is 9.97. The van der Waals surface area contributed by atoms with Gasteiger partial charge in [-0.25, -0.2) is 0 Å². The molecule has 6 heteroatoms. The Morgan fingerprint density at radius 2 is 1.08 bits per heavy atom. The van der Waals surface area contributed by atoms with Crippen LogP contribution in [0.15, 0.2) is 36.4 Å². The molecule has 0 saturated heterocycles. The third kappa shape index (κ3) is 4.03. The van der Waals surface area contributed by atoms with Crippen LogP contribution in [-0.4, -0.2) is 42.7 Å². The Balaban J connectivity index is 2.47. The zero-order chi connectivity index (χ0) is 19.1. The van der Waals surface area contributed by atoms with Crippen LogP contribution in [0.5, 0.6) is 23.0 Å². The largest absolute Gasteiger partial charge is 0.497 e. The molecule has 142 valence electrons. The normalized spacial score (nSPS) is 13.0. The van der Waals surface area contributed by atoms with Crippen molar-refractivity contribution < 1.29 is 28.4 Å². The standard InChI is InChI=1S/C20H26O6/c1-21-15-9-7-13(8-10-15)18(24-4)19(25-5)14-11-16(22-2)20(26-6)17(12-14)23-3/h7-12,18-19H,1-6H3/t18-,19-/m0/s1. The molecule has 6 nitrogen and oxygen atoms in total. The summed E-state index contributed by atoms with van der Waals surface area (Å²) in [5.41, 5.74) is 1.82. The van der Waals surface area contributed by atoms with Gasteiger partial charge < -0.3 is 28.4 Å². The summed E-state index contributed by atoms with van der Waals surface area (Å²) in [6.07, 6.45) is -0.698. The Labute approximate surface area is 154 Å². The van der Waals surface area contributed by atoms with Gasteiger partial charge in [0.05, 0.1) is 28.4 Å². The lowest BCUT2D eigenvalue weighted by Crippen LogP contribution is -2.16. The second-order valence-electron chi connectivity index (χ2n) is 5.54. The summed E-state index contributed by atoms with van der Waals surface area (Å²) in [5.74, 6) is 2.44. The first-order chi connectivity index (χ1) is 12.6. The van der Waals surface area contributed by atoms with E-state index in [1.165, 1.54) is 0 Å². The second-order valence-corrected chi connectivity index (χ2v) is 5.54. The highest BCUT2D eigenvalue weighted by molar-refractivity contribution is 5.54. The molecule has 0 N–H and O–H groups in total. The van der Waals surface area contributed by atoms with Gasteiger partial charge in [-0.2, -0.15) is 0 Å². The van der Waals surface area contributed by atoms with Crippen molar-refractivity contribution >= 4 is 0 Å². The third-order valence-corrected chi connectivity index (χ3v) is 4.24. The molecular formula is C20H26O6. The predicted octanol–water partition coefficient (Wildman–Crippen LogP) is 3.80. The Hall–Kier alpha value is -2.44. The van der Waals surface area contributed by atoms with E-state index in [9.17, 15) is 0 Å². The summed E-state index contributed by atoms with van der Waals surface area (Å²) in [5, 5.41) is 0. The van der Waals surface area contributed by atoms with Crippen molar-refractivity contribution in [1.82, 2.24) is 0 Å². The molecule has 0 unspecified atom stereocenters. The van der Waals surface area contributed by atoms with Crippen LogP contribution in [-0.2, 0) is 9.47 Å². The van der Waals surface area contributed by atoms with Gasteiger partial charge >= 0.3 is 0 Å². The third-order valence-electron chi connectivity index (χ3n) is 4.24. The first kappa shape index (κ1) is 19.9.